The third kappa shape index (κ3) is 4.44. The number of carbonyl (C=O) groups is 2. The number of nitrogens with one attached hydrogen (secondary N) is 2. The van der Waals surface area contributed by atoms with Gasteiger partial charge >= 0.3 is 0 Å². The second kappa shape index (κ2) is 8.61. The van der Waals surface area contributed by atoms with E-state index in [0.717, 1.165) is 22.1 Å². The van der Waals surface area contributed by atoms with Gasteiger partial charge in [-0.2, -0.15) is 0 Å². The fourth-order valence-corrected chi connectivity index (χ4v) is 3.96. The van der Waals surface area contributed by atoms with E-state index in [1.807, 2.05) is 30.3 Å². The maximum absolute atomic E-state index is 12.2. The van der Waals surface area contributed by atoms with Crippen molar-refractivity contribution >= 4 is 22.6 Å². The normalized spacial score (nSPS) is 20.0. The van der Waals surface area contributed by atoms with E-state index in [0.29, 0.717) is 32.1 Å². The zero-order valence-electron chi connectivity index (χ0n) is 16.5. The van der Waals surface area contributed by atoms with Crippen LogP contribution in [0.25, 0.3) is 10.8 Å². The van der Waals surface area contributed by atoms with E-state index < -0.39 is 5.54 Å². The molecule has 1 aliphatic rings. The summed E-state index contributed by atoms with van der Waals surface area (Å²) in [7, 11) is 1.66. The molecule has 2 aromatic carbocycles. The third-order valence-corrected chi connectivity index (χ3v) is 5.47. The molecule has 2 atom stereocenters. The van der Waals surface area contributed by atoms with Crippen molar-refractivity contribution in [2.24, 2.45) is 0 Å². The highest BCUT2D eigenvalue weighted by molar-refractivity contribution is 5.91. The van der Waals surface area contributed by atoms with Gasteiger partial charge in [0.15, 0.2) is 0 Å². The number of methoxy groups -OCH3 is 1. The Balaban J connectivity index is 1.83. The van der Waals surface area contributed by atoms with Gasteiger partial charge in [0.1, 0.15) is 5.75 Å². The largest absolute Gasteiger partial charge is 0.496 e. The first kappa shape index (κ1) is 20.1. The Morgan fingerprint density at radius 1 is 1.29 bits per heavy atom. The molecular formula is C22H28N2O4. The van der Waals surface area contributed by atoms with Crippen LogP contribution in [-0.2, 0) is 16.0 Å². The van der Waals surface area contributed by atoms with Crippen LogP contribution >= 0.6 is 0 Å². The number of ether oxygens (including phenoxy) is 1. The predicted octanol–water partition coefficient (Wildman–Crippen LogP) is 2.32. The number of fused-ring (bicyclic) bond motifs is 1. The zero-order valence-corrected chi connectivity index (χ0v) is 16.5. The van der Waals surface area contributed by atoms with E-state index >= 15 is 0 Å². The first-order valence-electron chi connectivity index (χ1n) is 9.72. The quantitative estimate of drug-likeness (QED) is 0.652. The van der Waals surface area contributed by atoms with E-state index in [1.54, 1.807) is 14.0 Å². The minimum Gasteiger partial charge on any atom is -0.496 e. The highest BCUT2D eigenvalue weighted by atomic mass is 16.5. The van der Waals surface area contributed by atoms with Gasteiger partial charge in [0.2, 0.25) is 11.8 Å². The number of hydrogen-bond donors (Lipinski definition) is 3. The van der Waals surface area contributed by atoms with Crippen molar-refractivity contribution in [2.75, 3.05) is 13.7 Å². The lowest BCUT2D eigenvalue weighted by Gasteiger charge is -2.30. The Kier molecular flexibility index (Phi) is 6.19. The second-order valence-corrected chi connectivity index (χ2v) is 7.63. The minimum atomic E-state index is -0.436. The van der Waals surface area contributed by atoms with Gasteiger partial charge < -0.3 is 20.5 Å². The van der Waals surface area contributed by atoms with E-state index in [4.69, 9.17) is 9.84 Å². The van der Waals surface area contributed by atoms with E-state index in [-0.39, 0.29) is 24.5 Å². The molecule has 3 rings (SSSR count). The Morgan fingerprint density at radius 3 is 2.68 bits per heavy atom. The smallest absolute Gasteiger partial charge is 0.220 e. The molecule has 3 N–H and O–H groups in total. The summed E-state index contributed by atoms with van der Waals surface area (Å²) >= 11 is 0. The number of aliphatic hydroxyl groups excluding tert-OH is 1. The summed E-state index contributed by atoms with van der Waals surface area (Å²) in [6, 6.07) is 11.8. The van der Waals surface area contributed by atoms with E-state index in [1.165, 1.54) is 0 Å². The lowest BCUT2D eigenvalue weighted by Crippen LogP contribution is -2.45. The average Bonchev–Trinajstić information content (AvgIpc) is 3.07. The Hall–Kier alpha value is -2.60. The van der Waals surface area contributed by atoms with Crippen LogP contribution in [0, 0.1) is 0 Å². The molecule has 0 saturated carbocycles. The molecule has 6 nitrogen and oxygen atoms in total. The van der Waals surface area contributed by atoms with Crippen molar-refractivity contribution in [3.05, 3.63) is 42.0 Å². The van der Waals surface area contributed by atoms with Crippen LogP contribution in [-0.4, -0.2) is 42.2 Å². The lowest BCUT2D eigenvalue weighted by molar-refractivity contribution is -0.123. The molecular weight excluding hydrogens is 356 g/mol. The lowest BCUT2D eigenvalue weighted by atomic mass is 9.83. The van der Waals surface area contributed by atoms with Gasteiger partial charge in [-0.15, -0.1) is 0 Å². The predicted molar refractivity (Wildman–Crippen MR) is 108 cm³/mol. The fourth-order valence-electron chi connectivity index (χ4n) is 3.96. The topological polar surface area (TPSA) is 87.7 Å². The molecule has 0 radical (unpaired) electrons. The fraction of sp³-hybridized carbons (Fsp3) is 0.455. The molecule has 1 saturated heterocycles. The van der Waals surface area contributed by atoms with Crippen LogP contribution in [0.2, 0.25) is 0 Å². The van der Waals surface area contributed by atoms with Gasteiger partial charge in [-0.1, -0.05) is 30.3 Å². The summed E-state index contributed by atoms with van der Waals surface area (Å²) in [5, 5.41) is 17.1. The van der Waals surface area contributed by atoms with Crippen LogP contribution in [0.5, 0.6) is 5.75 Å². The number of aliphatic hydroxyl groups is 1. The molecule has 2 aromatic rings. The third-order valence-electron chi connectivity index (χ3n) is 5.47. The molecule has 1 heterocycles. The van der Waals surface area contributed by atoms with Gasteiger partial charge in [0.25, 0.3) is 0 Å². The van der Waals surface area contributed by atoms with Gasteiger partial charge in [-0.3, -0.25) is 9.59 Å². The minimum absolute atomic E-state index is 0.0296. The molecule has 0 aromatic heterocycles. The van der Waals surface area contributed by atoms with Crippen LogP contribution in [0.15, 0.2) is 36.4 Å². The molecule has 28 heavy (non-hydrogen) atoms. The van der Waals surface area contributed by atoms with Gasteiger partial charge in [0, 0.05) is 29.8 Å². The van der Waals surface area contributed by atoms with Crippen LogP contribution in [0.1, 0.15) is 38.2 Å². The molecule has 150 valence electrons. The zero-order chi connectivity index (χ0) is 20.1. The Labute approximate surface area is 165 Å². The van der Waals surface area contributed by atoms with E-state index in [9.17, 15) is 9.59 Å². The summed E-state index contributed by atoms with van der Waals surface area (Å²) in [5.74, 6) is 0.741. The summed E-state index contributed by atoms with van der Waals surface area (Å²) < 4.78 is 5.48. The highest BCUT2D eigenvalue weighted by Gasteiger charge is 2.38. The number of amides is 2. The first-order valence-corrected chi connectivity index (χ1v) is 9.72. The summed E-state index contributed by atoms with van der Waals surface area (Å²) in [4.78, 5) is 24.2. The van der Waals surface area contributed by atoms with Gasteiger partial charge in [-0.05, 0) is 43.2 Å². The van der Waals surface area contributed by atoms with Crippen LogP contribution in [0.4, 0.5) is 0 Å². The van der Waals surface area contributed by atoms with Crippen LogP contribution in [0.3, 0.4) is 0 Å². The molecule has 2 unspecified atom stereocenters. The van der Waals surface area contributed by atoms with E-state index in [2.05, 4.69) is 16.7 Å². The number of hydrogen-bond acceptors (Lipinski definition) is 4. The van der Waals surface area contributed by atoms with Crippen molar-refractivity contribution < 1.29 is 19.4 Å². The molecule has 0 aliphatic carbocycles. The molecule has 2 amide bonds. The number of carbonyl (C=O) groups excluding carboxylic acids is 2. The number of benzene rings is 2. The monoisotopic (exact) mass is 384 g/mol. The molecule has 0 spiro atoms. The van der Waals surface area contributed by atoms with Crippen molar-refractivity contribution in [1.82, 2.24) is 10.6 Å². The maximum atomic E-state index is 12.2. The molecule has 1 fully saturated rings. The average molecular weight is 384 g/mol. The van der Waals surface area contributed by atoms with Crippen LogP contribution < -0.4 is 15.4 Å². The molecule has 0 bridgehead atoms. The SMILES string of the molecule is COc1ccc(CC2(CCC(=O)NC(C)CO)CCC(=O)N2)c2ccccc12. The highest BCUT2D eigenvalue weighted by Crippen LogP contribution is 2.34. The summed E-state index contributed by atoms with van der Waals surface area (Å²) in [6.45, 7) is 1.67. The standard InChI is InChI=1S/C22H28N2O4/c1-15(14-25)23-20(26)9-11-22(12-10-21(27)24-22)13-16-7-8-19(28-2)18-6-4-3-5-17(16)18/h3-8,15,25H,9-14H2,1-2H3,(H,23,26)(H,24,27). The molecule has 1 aliphatic heterocycles. The van der Waals surface area contributed by atoms with Crippen molar-refractivity contribution in [1.29, 1.82) is 0 Å². The second-order valence-electron chi connectivity index (χ2n) is 7.63. The first-order chi connectivity index (χ1) is 13.5. The maximum Gasteiger partial charge on any atom is 0.220 e. The van der Waals surface area contributed by atoms with Gasteiger partial charge in [-0.25, -0.2) is 0 Å². The van der Waals surface area contributed by atoms with Gasteiger partial charge in [0.05, 0.1) is 13.7 Å². The molecule has 6 heteroatoms. The van der Waals surface area contributed by atoms with Crippen molar-refractivity contribution in [3.8, 4) is 5.75 Å². The Bertz CT molecular complexity index is 867. The Morgan fingerprint density at radius 2 is 2.04 bits per heavy atom. The van der Waals surface area contributed by atoms with Crippen molar-refractivity contribution in [2.45, 2.75) is 50.6 Å². The van der Waals surface area contributed by atoms with Crippen molar-refractivity contribution in [3.63, 3.8) is 0 Å². The summed E-state index contributed by atoms with van der Waals surface area (Å²) in [6.07, 6.45) is 2.70. The summed E-state index contributed by atoms with van der Waals surface area (Å²) in [5.41, 5.74) is 0.691. The number of rotatable bonds is 8.